The third-order valence-electron chi connectivity index (χ3n) is 3.96. The summed E-state index contributed by atoms with van der Waals surface area (Å²) in [6.45, 7) is 1.67. The molecule has 1 atom stereocenters. The number of benzene rings is 2. The minimum absolute atomic E-state index is 0.0222. The number of carbonyl (C=O) groups excluding carboxylic acids is 1. The van der Waals surface area contributed by atoms with Crippen LogP contribution in [0.5, 0.6) is 5.75 Å². The average molecular weight is 285 g/mol. The van der Waals surface area contributed by atoms with Gasteiger partial charge in [-0.1, -0.05) is 30.3 Å². The summed E-state index contributed by atoms with van der Waals surface area (Å²) in [4.78, 5) is 12.1. The molecule has 1 fully saturated rings. The van der Waals surface area contributed by atoms with Crippen molar-refractivity contribution in [2.75, 3.05) is 20.3 Å². The van der Waals surface area contributed by atoms with E-state index in [0.29, 0.717) is 19.8 Å². The van der Waals surface area contributed by atoms with Crippen LogP contribution < -0.4 is 10.1 Å². The zero-order valence-corrected chi connectivity index (χ0v) is 12.1. The van der Waals surface area contributed by atoms with Crippen LogP contribution in [0.25, 0.3) is 10.8 Å². The van der Waals surface area contributed by atoms with Crippen LogP contribution in [0.1, 0.15) is 12.0 Å². The standard InChI is InChI=1S/C17H19NO3/c1-20-16-7-6-12-4-2-3-5-14(12)15(16)10-18-17(19)13-8-9-21-11-13/h2-7,13H,8-11H2,1H3,(H,18,19). The predicted octanol–water partition coefficient (Wildman–Crippen LogP) is 2.50. The van der Waals surface area contributed by atoms with Crippen molar-refractivity contribution in [3.8, 4) is 5.75 Å². The van der Waals surface area contributed by atoms with Crippen LogP contribution in [0.15, 0.2) is 36.4 Å². The molecule has 21 heavy (non-hydrogen) atoms. The number of nitrogens with one attached hydrogen (secondary N) is 1. The van der Waals surface area contributed by atoms with Gasteiger partial charge in [-0.3, -0.25) is 4.79 Å². The molecule has 4 heteroatoms. The molecule has 1 heterocycles. The van der Waals surface area contributed by atoms with Gasteiger partial charge in [0.2, 0.25) is 5.91 Å². The second-order valence-corrected chi connectivity index (χ2v) is 5.25. The molecule has 3 rings (SSSR count). The van der Waals surface area contributed by atoms with Crippen molar-refractivity contribution in [1.82, 2.24) is 5.32 Å². The van der Waals surface area contributed by atoms with Crippen LogP contribution in [0, 0.1) is 5.92 Å². The van der Waals surface area contributed by atoms with Gasteiger partial charge >= 0.3 is 0 Å². The summed E-state index contributed by atoms with van der Waals surface area (Å²) < 4.78 is 10.7. The first kappa shape index (κ1) is 13.9. The SMILES string of the molecule is COc1ccc2ccccc2c1CNC(=O)C1CCOC1. The van der Waals surface area contributed by atoms with Crippen LogP contribution in [0.2, 0.25) is 0 Å². The van der Waals surface area contributed by atoms with E-state index in [2.05, 4.69) is 17.4 Å². The number of carbonyl (C=O) groups is 1. The number of ether oxygens (including phenoxy) is 2. The van der Waals surface area contributed by atoms with Gasteiger partial charge in [-0.2, -0.15) is 0 Å². The highest BCUT2D eigenvalue weighted by atomic mass is 16.5. The van der Waals surface area contributed by atoms with E-state index < -0.39 is 0 Å². The summed E-state index contributed by atoms with van der Waals surface area (Å²) >= 11 is 0. The molecule has 1 amide bonds. The van der Waals surface area contributed by atoms with E-state index in [1.165, 1.54) is 0 Å². The summed E-state index contributed by atoms with van der Waals surface area (Å²) in [5, 5.41) is 5.26. The van der Waals surface area contributed by atoms with Gasteiger partial charge in [0.05, 0.1) is 19.6 Å². The Morgan fingerprint density at radius 3 is 2.95 bits per heavy atom. The first-order chi connectivity index (χ1) is 10.3. The predicted molar refractivity (Wildman–Crippen MR) is 81.3 cm³/mol. The van der Waals surface area contributed by atoms with Crippen LogP contribution in [-0.2, 0) is 16.1 Å². The third-order valence-corrected chi connectivity index (χ3v) is 3.96. The lowest BCUT2D eigenvalue weighted by Gasteiger charge is -2.14. The summed E-state index contributed by atoms with van der Waals surface area (Å²) in [5.41, 5.74) is 1.02. The first-order valence-corrected chi connectivity index (χ1v) is 7.19. The monoisotopic (exact) mass is 285 g/mol. The molecule has 2 aromatic carbocycles. The van der Waals surface area contributed by atoms with Crippen LogP contribution in [0.4, 0.5) is 0 Å². The van der Waals surface area contributed by atoms with Gasteiger partial charge < -0.3 is 14.8 Å². The molecule has 1 aliphatic heterocycles. The second-order valence-electron chi connectivity index (χ2n) is 5.25. The topological polar surface area (TPSA) is 47.6 Å². The fraction of sp³-hybridized carbons (Fsp3) is 0.353. The van der Waals surface area contributed by atoms with Gasteiger partial charge in [-0.05, 0) is 23.3 Å². The Hall–Kier alpha value is -2.07. The van der Waals surface area contributed by atoms with E-state index in [9.17, 15) is 4.79 Å². The molecule has 110 valence electrons. The van der Waals surface area contributed by atoms with Crippen LogP contribution in [0.3, 0.4) is 0 Å². The smallest absolute Gasteiger partial charge is 0.225 e. The maximum absolute atomic E-state index is 12.1. The Balaban J connectivity index is 1.83. The Kier molecular flexibility index (Phi) is 4.06. The van der Waals surface area contributed by atoms with Crippen molar-refractivity contribution >= 4 is 16.7 Å². The van der Waals surface area contributed by atoms with E-state index >= 15 is 0 Å². The average Bonchev–Trinajstić information content (AvgIpc) is 3.06. The molecular weight excluding hydrogens is 266 g/mol. The Morgan fingerprint density at radius 1 is 1.33 bits per heavy atom. The molecule has 0 aromatic heterocycles. The molecule has 0 spiro atoms. The van der Waals surface area contributed by atoms with Crippen LogP contribution >= 0.6 is 0 Å². The van der Waals surface area contributed by atoms with Crippen molar-refractivity contribution in [3.63, 3.8) is 0 Å². The maximum Gasteiger partial charge on any atom is 0.225 e. The molecule has 0 saturated carbocycles. The number of amides is 1. The van der Waals surface area contributed by atoms with E-state index in [0.717, 1.165) is 28.5 Å². The number of hydrogen-bond acceptors (Lipinski definition) is 3. The highest BCUT2D eigenvalue weighted by Gasteiger charge is 2.23. The van der Waals surface area contributed by atoms with Gasteiger partial charge in [-0.25, -0.2) is 0 Å². The largest absolute Gasteiger partial charge is 0.496 e. The third kappa shape index (κ3) is 2.85. The van der Waals surface area contributed by atoms with Gasteiger partial charge in [0.15, 0.2) is 0 Å². The molecule has 2 aromatic rings. The normalized spacial score (nSPS) is 17.9. The summed E-state index contributed by atoms with van der Waals surface area (Å²) in [6.07, 6.45) is 0.804. The van der Waals surface area contributed by atoms with E-state index in [-0.39, 0.29) is 11.8 Å². The Bertz CT molecular complexity index is 648. The van der Waals surface area contributed by atoms with Gasteiger partial charge in [0.25, 0.3) is 0 Å². The molecule has 0 radical (unpaired) electrons. The lowest BCUT2D eigenvalue weighted by atomic mass is 10.0. The van der Waals surface area contributed by atoms with Crippen molar-refractivity contribution in [2.45, 2.75) is 13.0 Å². The Morgan fingerprint density at radius 2 is 2.19 bits per heavy atom. The van der Waals surface area contributed by atoms with Crippen molar-refractivity contribution < 1.29 is 14.3 Å². The zero-order chi connectivity index (χ0) is 14.7. The van der Waals surface area contributed by atoms with Crippen LogP contribution in [-0.4, -0.2) is 26.2 Å². The number of methoxy groups -OCH3 is 1. The highest BCUT2D eigenvalue weighted by Crippen LogP contribution is 2.28. The minimum atomic E-state index is -0.0222. The Labute approximate surface area is 124 Å². The van der Waals surface area contributed by atoms with Gasteiger partial charge in [0, 0.05) is 18.7 Å². The number of rotatable bonds is 4. The lowest BCUT2D eigenvalue weighted by molar-refractivity contribution is -0.125. The summed E-state index contributed by atoms with van der Waals surface area (Å²) in [6, 6.07) is 12.1. The lowest BCUT2D eigenvalue weighted by Crippen LogP contribution is -2.30. The van der Waals surface area contributed by atoms with E-state index in [1.807, 2.05) is 24.3 Å². The highest BCUT2D eigenvalue weighted by molar-refractivity contribution is 5.88. The van der Waals surface area contributed by atoms with Gasteiger partial charge in [0.1, 0.15) is 5.75 Å². The molecule has 1 unspecified atom stereocenters. The maximum atomic E-state index is 12.1. The fourth-order valence-corrected chi connectivity index (χ4v) is 2.75. The molecule has 0 aliphatic carbocycles. The molecule has 4 nitrogen and oxygen atoms in total. The van der Waals surface area contributed by atoms with E-state index in [1.54, 1.807) is 7.11 Å². The molecule has 0 bridgehead atoms. The number of hydrogen-bond donors (Lipinski definition) is 1. The minimum Gasteiger partial charge on any atom is -0.496 e. The quantitative estimate of drug-likeness (QED) is 0.939. The molecule has 1 N–H and O–H groups in total. The molecule has 1 saturated heterocycles. The summed E-state index contributed by atoms with van der Waals surface area (Å²) in [5.74, 6) is 0.838. The first-order valence-electron chi connectivity index (χ1n) is 7.19. The molecular formula is C17H19NO3. The van der Waals surface area contributed by atoms with Crippen molar-refractivity contribution in [1.29, 1.82) is 0 Å². The second kappa shape index (κ2) is 6.14. The van der Waals surface area contributed by atoms with E-state index in [4.69, 9.17) is 9.47 Å². The zero-order valence-electron chi connectivity index (χ0n) is 12.1. The summed E-state index contributed by atoms with van der Waals surface area (Å²) in [7, 11) is 1.65. The molecule has 1 aliphatic rings. The fourth-order valence-electron chi connectivity index (χ4n) is 2.75. The van der Waals surface area contributed by atoms with Crippen molar-refractivity contribution in [2.24, 2.45) is 5.92 Å². The number of fused-ring (bicyclic) bond motifs is 1. The van der Waals surface area contributed by atoms with Crippen molar-refractivity contribution in [3.05, 3.63) is 42.0 Å². The van der Waals surface area contributed by atoms with Gasteiger partial charge in [-0.15, -0.1) is 0 Å².